The first-order valence-corrected chi connectivity index (χ1v) is 5.34. The number of phenolic OH excluding ortho intramolecular Hbond substituents is 1. The maximum atomic E-state index is 9.38. The van der Waals surface area contributed by atoms with Crippen LogP contribution in [-0.2, 0) is 0 Å². The molecule has 0 aromatic heterocycles. The Morgan fingerprint density at radius 2 is 1.76 bits per heavy atom. The highest BCUT2D eigenvalue weighted by Gasteiger charge is 2.05. The van der Waals surface area contributed by atoms with Crippen molar-refractivity contribution in [3.63, 3.8) is 0 Å². The minimum Gasteiger partial charge on any atom is -0.508 e. The standard InChI is InChI=1S/C12H12ClN3O/c13-9-3-2-8(17)6-11(9)16-12-5-7(14)1-4-10(12)15/h1-6,16-17H,14-15H2. The van der Waals surface area contributed by atoms with Crippen molar-refractivity contribution < 1.29 is 5.11 Å². The number of phenols is 1. The van der Waals surface area contributed by atoms with Crippen LogP contribution in [-0.4, -0.2) is 5.11 Å². The molecule has 0 heterocycles. The molecule has 0 spiro atoms. The lowest BCUT2D eigenvalue weighted by molar-refractivity contribution is 0.475. The average molecular weight is 250 g/mol. The Hall–Kier alpha value is -2.07. The second-order valence-corrected chi connectivity index (χ2v) is 4.04. The fourth-order valence-electron chi connectivity index (χ4n) is 1.44. The molecule has 0 bridgehead atoms. The van der Waals surface area contributed by atoms with Gasteiger partial charge in [-0.3, -0.25) is 0 Å². The molecule has 0 saturated heterocycles. The Kier molecular flexibility index (Phi) is 2.97. The van der Waals surface area contributed by atoms with Crippen LogP contribution in [0.2, 0.25) is 5.02 Å². The number of hydrogen-bond acceptors (Lipinski definition) is 4. The molecule has 4 nitrogen and oxygen atoms in total. The molecule has 0 amide bonds. The van der Waals surface area contributed by atoms with Gasteiger partial charge >= 0.3 is 0 Å². The number of rotatable bonds is 2. The fourth-order valence-corrected chi connectivity index (χ4v) is 1.60. The van der Waals surface area contributed by atoms with Crippen molar-refractivity contribution in [1.82, 2.24) is 0 Å². The first-order chi connectivity index (χ1) is 8.06. The van der Waals surface area contributed by atoms with Crippen molar-refractivity contribution in [3.05, 3.63) is 41.4 Å². The van der Waals surface area contributed by atoms with Crippen LogP contribution >= 0.6 is 11.6 Å². The third kappa shape index (κ3) is 2.54. The van der Waals surface area contributed by atoms with Crippen LogP contribution in [0.15, 0.2) is 36.4 Å². The molecule has 17 heavy (non-hydrogen) atoms. The van der Waals surface area contributed by atoms with Gasteiger partial charge in [0.25, 0.3) is 0 Å². The predicted octanol–water partition coefficient (Wildman–Crippen LogP) is 2.95. The van der Waals surface area contributed by atoms with Gasteiger partial charge < -0.3 is 21.9 Å². The van der Waals surface area contributed by atoms with E-state index in [0.29, 0.717) is 27.8 Å². The van der Waals surface area contributed by atoms with Crippen LogP contribution < -0.4 is 16.8 Å². The average Bonchev–Trinajstić information content (AvgIpc) is 2.28. The van der Waals surface area contributed by atoms with Crippen molar-refractivity contribution in [2.24, 2.45) is 0 Å². The summed E-state index contributed by atoms with van der Waals surface area (Å²) in [5.74, 6) is 0.124. The Morgan fingerprint density at radius 3 is 2.53 bits per heavy atom. The van der Waals surface area contributed by atoms with Crippen LogP contribution in [0.25, 0.3) is 0 Å². The Morgan fingerprint density at radius 1 is 1.00 bits per heavy atom. The highest BCUT2D eigenvalue weighted by molar-refractivity contribution is 6.33. The van der Waals surface area contributed by atoms with E-state index in [1.807, 2.05) is 0 Å². The minimum absolute atomic E-state index is 0.124. The quantitative estimate of drug-likeness (QED) is 0.617. The number of benzene rings is 2. The topological polar surface area (TPSA) is 84.3 Å². The zero-order chi connectivity index (χ0) is 12.4. The summed E-state index contributed by atoms with van der Waals surface area (Å²) in [6.07, 6.45) is 0. The smallest absolute Gasteiger partial charge is 0.117 e. The van der Waals surface area contributed by atoms with E-state index >= 15 is 0 Å². The molecule has 2 rings (SSSR count). The first kappa shape index (κ1) is 11.4. The summed E-state index contributed by atoms with van der Waals surface area (Å²) in [5, 5.41) is 12.9. The molecule has 2 aromatic carbocycles. The molecule has 5 heteroatoms. The number of nitrogen functional groups attached to an aromatic ring is 2. The van der Waals surface area contributed by atoms with Crippen molar-refractivity contribution >= 4 is 34.4 Å². The van der Waals surface area contributed by atoms with Crippen LogP contribution in [0.5, 0.6) is 5.75 Å². The van der Waals surface area contributed by atoms with E-state index in [1.54, 1.807) is 24.3 Å². The van der Waals surface area contributed by atoms with Crippen molar-refractivity contribution in [3.8, 4) is 5.75 Å². The molecular weight excluding hydrogens is 238 g/mol. The fraction of sp³-hybridized carbons (Fsp3) is 0. The van der Waals surface area contributed by atoms with E-state index in [2.05, 4.69) is 5.32 Å². The Labute approximate surface area is 104 Å². The van der Waals surface area contributed by atoms with E-state index in [9.17, 15) is 5.11 Å². The van der Waals surface area contributed by atoms with E-state index in [0.717, 1.165) is 0 Å². The second-order valence-electron chi connectivity index (χ2n) is 3.64. The third-order valence-corrected chi connectivity index (χ3v) is 2.63. The monoisotopic (exact) mass is 249 g/mol. The molecule has 0 aliphatic carbocycles. The van der Waals surface area contributed by atoms with Gasteiger partial charge in [0.2, 0.25) is 0 Å². The molecule has 0 aliphatic rings. The van der Waals surface area contributed by atoms with E-state index < -0.39 is 0 Å². The summed E-state index contributed by atoms with van der Waals surface area (Å²) in [6.45, 7) is 0. The SMILES string of the molecule is Nc1ccc(N)c(Nc2cc(O)ccc2Cl)c1. The van der Waals surface area contributed by atoms with Gasteiger partial charge in [-0.15, -0.1) is 0 Å². The number of aromatic hydroxyl groups is 1. The molecule has 0 atom stereocenters. The lowest BCUT2D eigenvalue weighted by atomic mass is 10.2. The number of hydrogen-bond donors (Lipinski definition) is 4. The Bertz CT molecular complexity index is 508. The Balaban J connectivity index is 2.37. The second kappa shape index (κ2) is 4.43. The van der Waals surface area contributed by atoms with Gasteiger partial charge in [-0.2, -0.15) is 0 Å². The molecular formula is C12H12ClN3O. The van der Waals surface area contributed by atoms with E-state index in [1.165, 1.54) is 12.1 Å². The van der Waals surface area contributed by atoms with Gasteiger partial charge in [0.15, 0.2) is 0 Å². The molecule has 88 valence electrons. The molecule has 2 aromatic rings. The van der Waals surface area contributed by atoms with Crippen molar-refractivity contribution in [2.45, 2.75) is 0 Å². The van der Waals surface area contributed by atoms with Gasteiger partial charge in [-0.05, 0) is 30.3 Å². The maximum absolute atomic E-state index is 9.38. The molecule has 0 fully saturated rings. The molecule has 0 saturated carbocycles. The zero-order valence-electron chi connectivity index (χ0n) is 8.94. The van der Waals surface area contributed by atoms with E-state index in [4.69, 9.17) is 23.1 Å². The van der Waals surface area contributed by atoms with Gasteiger partial charge in [0, 0.05) is 11.8 Å². The molecule has 0 aliphatic heterocycles. The number of nitrogens with two attached hydrogens (primary N) is 2. The maximum Gasteiger partial charge on any atom is 0.117 e. The normalized spacial score (nSPS) is 10.2. The minimum atomic E-state index is 0.124. The lowest BCUT2D eigenvalue weighted by Crippen LogP contribution is -1.98. The predicted molar refractivity (Wildman–Crippen MR) is 71.7 cm³/mol. The molecule has 6 N–H and O–H groups in total. The summed E-state index contributed by atoms with van der Waals surface area (Å²) >= 11 is 5.99. The first-order valence-electron chi connectivity index (χ1n) is 4.97. The van der Waals surface area contributed by atoms with Gasteiger partial charge in [0.1, 0.15) is 5.75 Å². The highest BCUT2D eigenvalue weighted by Crippen LogP contribution is 2.31. The molecule has 0 radical (unpaired) electrons. The van der Waals surface area contributed by atoms with Crippen LogP contribution in [0, 0.1) is 0 Å². The summed E-state index contributed by atoms with van der Waals surface area (Å²) in [7, 11) is 0. The zero-order valence-corrected chi connectivity index (χ0v) is 9.70. The number of halogens is 1. The summed E-state index contributed by atoms with van der Waals surface area (Å²) in [5.41, 5.74) is 13.8. The largest absolute Gasteiger partial charge is 0.508 e. The van der Waals surface area contributed by atoms with Crippen LogP contribution in [0.3, 0.4) is 0 Å². The van der Waals surface area contributed by atoms with Crippen molar-refractivity contribution in [2.75, 3.05) is 16.8 Å². The number of nitrogens with one attached hydrogen (secondary N) is 1. The summed E-state index contributed by atoms with van der Waals surface area (Å²) in [4.78, 5) is 0. The lowest BCUT2D eigenvalue weighted by Gasteiger charge is -2.11. The summed E-state index contributed by atoms with van der Waals surface area (Å²) < 4.78 is 0. The van der Waals surface area contributed by atoms with Crippen LogP contribution in [0.1, 0.15) is 0 Å². The third-order valence-electron chi connectivity index (χ3n) is 2.30. The molecule has 0 unspecified atom stereocenters. The summed E-state index contributed by atoms with van der Waals surface area (Å²) in [6, 6.07) is 9.75. The van der Waals surface area contributed by atoms with Gasteiger partial charge in [0.05, 0.1) is 22.1 Å². The van der Waals surface area contributed by atoms with Gasteiger partial charge in [-0.1, -0.05) is 11.6 Å². The highest BCUT2D eigenvalue weighted by atomic mass is 35.5. The number of anilines is 4. The van der Waals surface area contributed by atoms with Crippen molar-refractivity contribution in [1.29, 1.82) is 0 Å². The van der Waals surface area contributed by atoms with Gasteiger partial charge in [-0.25, -0.2) is 0 Å². The van der Waals surface area contributed by atoms with E-state index in [-0.39, 0.29) is 5.75 Å². The van der Waals surface area contributed by atoms with Crippen LogP contribution in [0.4, 0.5) is 22.7 Å².